The van der Waals surface area contributed by atoms with Crippen molar-refractivity contribution in [3.05, 3.63) is 111 Å². The van der Waals surface area contributed by atoms with Crippen LogP contribution in [0.2, 0.25) is 0 Å². The monoisotopic (exact) mass is 497 g/mol. The van der Waals surface area contributed by atoms with Gasteiger partial charge in [-0.3, -0.25) is 19.5 Å². The Morgan fingerprint density at radius 3 is 2.49 bits per heavy atom. The molecule has 10 nitrogen and oxygen atoms in total. The molecule has 10 heteroatoms. The largest absolute Gasteiger partial charge is 0.419 e. The number of rotatable bonds is 9. The van der Waals surface area contributed by atoms with E-state index in [4.69, 9.17) is 9.52 Å². The number of nitrogens with one attached hydrogen (secondary N) is 1. The van der Waals surface area contributed by atoms with Gasteiger partial charge in [-0.15, -0.1) is 0 Å². The number of amides is 1. The average Bonchev–Trinajstić information content (AvgIpc) is 3.49. The lowest BCUT2D eigenvalue weighted by Crippen LogP contribution is -2.23. The molecule has 0 aliphatic rings. The van der Waals surface area contributed by atoms with E-state index >= 15 is 0 Å². The van der Waals surface area contributed by atoms with Crippen LogP contribution in [0.25, 0.3) is 28.0 Å². The number of hydrogen-bond acceptors (Lipinski definition) is 6. The first-order chi connectivity index (χ1) is 18.0. The summed E-state index contributed by atoms with van der Waals surface area (Å²) in [5, 5.41) is 18.7. The summed E-state index contributed by atoms with van der Waals surface area (Å²) >= 11 is 0. The van der Waals surface area contributed by atoms with Crippen LogP contribution in [0.5, 0.6) is 0 Å². The molecule has 0 radical (unpaired) electrons. The Bertz CT molecular complexity index is 1620. The third-order valence-corrected chi connectivity index (χ3v) is 5.98. The summed E-state index contributed by atoms with van der Waals surface area (Å²) in [6.07, 6.45) is 2.50. The molecule has 37 heavy (non-hydrogen) atoms. The van der Waals surface area contributed by atoms with Crippen LogP contribution < -0.4 is 11.1 Å². The molecule has 5 rings (SSSR count). The first-order valence-electron chi connectivity index (χ1n) is 11.7. The molecule has 1 N–H and O–H groups in total. The van der Waals surface area contributed by atoms with E-state index in [1.54, 1.807) is 4.68 Å². The molecule has 3 aromatic carbocycles. The van der Waals surface area contributed by atoms with Crippen molar-refractivity contribution in [2.75, 3.05) is 0 Å². The van der Waals surface area contributed by atoms with Gasteiger partial charge in [0.1, 0.15) is 0 Å². The lowest BCUT2D eigenvalue weighted by molar-refractivity contribution is -0.384. The lowest BCUT2D eigenvalue weighted by atomic mass is 10.1. The Hall–Kier alpha value is -4.99. The summed E-state index contributed by atoms with van der Waals surface area (Å²) < 4.78 is 8.31. The zero-order valence-electron chi connectivity index (χ0n) is 19.7. The fourth-order valence-electron chi connectivity index (χ4n) is 4.15. The van der Waals surface area contributed by atoms with Gasteiger partial charge in [0.25, 0.3) is 5.69 Å². The Kier molecular flexibility index (Phi) is 6.62. The van der Waals surface area contributed by atoms with Crippen molar-refractivity contribution in [3.63, 3.8) is 0 Å². The Balaban J connectivity index is 1.25. The zero-order chi connectivity index (χ0) is 25.8. The Morgan fingerprint density at radius 2 is 1.76 bits per heavy atom. The molecule has 186 valence electrons. The molecule has 0 unspecified atom stereocenters. The predicted molar refractivity (Wildman–Crippen MR) is 137 cm³/mol. The van der Waals surface area contributed by atoms with Crippen LogP contribution in [0.3, 0.4) is 0 Å². The minimum atomic E-state index is -0.614. The fourth-order valence-corrected chi connectivity index (χ4v) is 4.15. The van der Waals surface area contributed by atoms with Crippen molar-refractivity contribution in [1.29, 1.82) is 0 Å². The Labute approximate surface area is 210 Å². The molecular formula is C27H23N5O5. The summed E-state index contributed by atoms with van der Waals surface area (Å²) in [6, 6.07) is 23.5. The molecule has 0 atom stereocenters. The van der Waals surface area contributed by atoms with Crippen molar-refractivity contribution < 1.29 is 14.1 Å². The van der Waals surface area contributed by atoms with E-state index in [0.29, 0.717) is 18.5 Å². The first kappa shape index (κ1) is 23.7. The number of nitrogens with zero attached hydrogens (tertiary/aromatic N) is 4. The molecule has 0 aliphatic carbocycles. The highest BCUT2D eigenvalue weighted by molar-refractivity contribution is 5.77. The van der Waals surface area contributed by atoms with Crippen LogP contribution in [0.1, 0.15) is 18.4 Å². The van der Waals surface area contributed by atoms with Gasteiger partial charge in [-0.1, -0.05) is 48.5 Å². The topological polar surface area (TPSA) is 125 Å². The van der Waals surface area contributed by atoms with Crippen molar-refractivity contribution in [1.82, 2.24) is 19.7 Å². The van der Waals surface area contributed by atoms with Crippen molar-refractivity contribution >= 4 is 22.7 Å². The van der Waals surface area contributed by atoms with E-state index in [-0.39, 0.29) is 30.1 Å². The smallest absolute Gasteiger partial charge is 0.407 e. The number of para-hydroxylation sites is 1. The number of fused-ring (bicyclic) bond motifs is 1. The van der Waals surface area contributed by atoms with Crippen LogP contribution in [0, 0.1) is 10.1 Å². The van der Waals surface area contributed by atoms with Crippen LogP contribution in [-0.4, -0.2) is 25.2 Å². The van der Waals surface area contributed by atoms with Gasteiger partial charge in [0.15, 0.2) is 5.58 Å². The molecule has 0 saturated carbocycles. The molecule has 0 aliphatic heterocycles. The summed E-state index contributed by atoms with van der Waals surface area (Å²) in [6.45, 7) is 0.548. The van der Waals surface area contributed by atoms with Crippen LogP contribution >= 0.6 is 0 Å². The van der Waals surface area contributed by atoms with Gasteiger partial charge in [0, 0.05) is 42.9 Å². The van der Waals surface area contributed by atoms with E-state index in [1.807, 2.05) is 66.9 Å². The minimum absolute atomic E-state index is 0.146. The molecular weight excluding hydrogens is 474 g/mol. The highest BCUT2D eigenvalue weighted by atomic mass is 16.6. The summed E-state index contributed by atoms with van der Waals surface area (Å²) in [5.74, 6) is -0.778. The van der Waals surface area contributed by atoms with Gasteiger partial charge >= 0.3 is 5.76 Å². The van der Waals surface area contributed by atoms with Crippen molar-refractivity contribution in [2.24, 2.45) is 0 Å². The van der Waals surface area contributed by atoms with Gasteiger partial charge in [-0.05, 0) is 24.6 Å². The standard InChI is InChI=1S/C27H23N5O5/c33-25(12-7-15-30-23-14-13-22(32(35)36)16-24(23)37-27(30)34)28-17-20-18-31(21-10-5-2-6-11-21)29-26(20)19-8-3-1-4-9-19/h1-6,8-11,13-14,16,18H,7,12,15,17H2,(H,28,33). The van der Waals surface area contributed by atoms with Gasteiger partial charge in [-0.25, -0.2) is 9.48 Å². The first-order valence-corrected chi connectivity index (χ1v) is 11.7. The third kappa shape index (κ3) is 5.18. The maximum atomic E-state index is 12.6. The number of hydrogen-bond donors (Lipinski definition) is 1. The Morgan fingerprint density at radius 1 is 1.03 bits per heavy atom. The van der Waals surface area contributed by atoms with Crippen LogP contribution in [-0.2, 0) is 17.9 Å². The van der Waals surface area contributed by atoms with Crippen LogP contribution in [0.15, 0.2) is 94.3 Å². The zero-order valence-corrected chi connectivity index (χ0v) is 19.7. The highest BCUT2D eigenvalue weighted by Crippen LogP contribution is 2.24. The van der Waals surface area contributed by atoms with E-state index < -0.39 is 10.7 Å². The van der Waals surface area contributed by atoms with Crippen LogP contribution in [0.4, 0.5) is 5.69 Å². The number of aryl methyl sites for hydroxylation is 1. The number of aromatic nitrogens is 3. The fraction of sp³-hybridized carbons (Fsp3) is 0.148. The summed E-state index contributed by atoms with van der Waals surface area (Å²) in [7, 11) is 0. The van der Waals surface area contributed by atoms with E-state index in [2.05, 4.69) is 5.32 Å². The SMILES string of the molecule is O=C(CCCn1c(=O)oc2cc([N+](=O)[O-])ccc21)NCc1cn(-c2ccccc2)nc1-c1ccccc1. The molecule has 0 fully saturated rings. The predicted octanol–water partition coefficient (Wildman–Crippen LogP) is 4.45. The third-order valence-electron chi connectivity index (χ3n) is 5.98. The van der Waals surface area contributed by atoms with E-state index in [9.17, 15) is 19.7 Å². The number of carbonyl (C=O) groups excluding carboxylic acids is 1. The van der Waals surface area contributed by atoms with Gasteiger partial charge < -0.3 is 9.73 Å². The summed E-state index contributed by atoms with van der Waals surface area (Å²) in [5.41, 5.74) is 3.98. The molecule has 2 aromatic heterocycles. The lowest BCUT2D eigenvalue weighted by Gasteiger charge is -2.06. The van der Waals surface area contributed by atoms with Crippen molar-refractivity contribution in [3.8, 4) is 16.9 Å². The number of non-ortho nitro benzene ring substituents is 1. The minimum Gasteiger partial charge on any atom is -0.407 e. The van der Waals surface area contributed by atoms with Gasteiger partial charge in [-0.2, -0.15) is 5.10 Å². The second-order valence-corrected chi connectivity index (χ2v) is 8.46. The molecule has 0 bridgehead atoms. The number of benzene rings is 3. The van der Waals surface area contributed by atoms with E-state index in [0.717, 1.165) is 22.5 Å². The van der Waals surface area contributed by atoms with E-state index in [1.165, 1.54) is 22.8 Å². The molecule has 1 amide bonds. The quantitative estimate of drug-likeness (QED) is 0.237. The molecule has 0 saturated heterocycles. The second kappa shape index (κ2) is 10.3. The highest BCUT2D eigenvalue weighted by Gasteiger charge is 2.16. The molecule has 2 heterocycles. The van der Waals surface area contributed by atoms with Gasteiger partial charge in [0.2, 0.25) is 5.91 Å². The molecule has 0 spiro atoms. The molecule has 5 aromatic rings. The van der Waals surface area contributed by atoms with Crippen molar-refractivity contribution in [2.45, 2.75) is 25.9 Å². The number of carbonyl (C=O) groups is 1. The maximum absolute atomic E-state index is 12.6. The normalized spacial score (nSPS) is 11.0. The number of oxazole rings is 1. The number of nitro benzene ring substituents is 1. The van der Waals surface area contributed by atoms with Gasteiger partial charge in [0.05, 0.1) is 27.9 Å². The second-order valence-electron chi connectivity index (χ2n) is 8.46. The average molecular weight is 498 g/mol. The maximum Gasteiger partial charge on any atom is 0.419 e. The summed E-state index contributed by atoms with van der Waals surface area (Å²) in [4.78, 5) is 35.2. The number of nitro groups is 1.